The van der Waals surface area contributed by atoms with Crippen molar-refractivity contribution in [3.8, 4) is 6.07 Å². The van der Waals surface area contributed by atoms with E-state index in [9.17, 15) is 8.42 Å². The van der Waals surface area contributed by atoms with Crippen LogP contribution >= 0.6 is 0 Å². The SMILES string of the molecule is C/C(=N\OS(=O)(=O)c1ccccc1)C1CCCC(C#N)C1. The fourth-order valence-corrected chi connectivity index (χ4v) is 3.29. The number of nitriles is 1. The van der Waals surface area contributed by atoms with Crippen molar-refractivity contribution < 1.29 is 12.7 Å². The average molecular weight is 306 g/mol. The van der Waals surface area contributed by atoms with Crippen molar-refractivity contribution in [2.75, 3.05) is 0 Å². The summed E-state index contributed by atoms with van der Waals surface area (Å²) in [4.78, 5) is 0.0834. The molecule has 1 aromatic carbocycles. The van der Waals surface area contributed by atoms with Crippen molar-refractivity contribution >= 4 is 15.8 Å². The van der Waals surface area contributed by atoms with Crippen LogP contribution in [0.15, 0.2) is 40.4 Å². The molecule has 0 radical (unpaired) electrons. The molecule has 0 aromatic heterocycles. The molecule has 2 unspecified atom stereocenters. The highest BCUT2D eigenvalue weighted by Gasteiger charge is 2.24. The third kappa shape index (κ3) is 4.05. The number of oxime groups is 1. The molecule has 0 aliphatic heterocycles. The Bertz CT molecular complexity index is 647. The van der Waals surface area contributed by atoms with E-state index in [1.165, 1.54) is 12.1 Å². The third-order valence-electron chi connectivity index (χ3n) is 3.76. The molecule has 5 nitrogen and oxygen atoms in total. The number of rotatable bonds is 4. The maximum absolute atomic E-state index is 12.0. The molecule has 1 aliphatic rings. The normalized spacial score (nSPS) is 23.3. The predicted octanol–water partition coefficient (Wildman–Crippen LogP) is 3.10. The highest BCUT2D eigenvalue weighted by Crippen LogP contribution is 2.29. The van der Waals surface area contributed by atoms with Crippen LogP contribution in [0.25, 0.3) is 0 Å². The summed E-state index contributed by atoms with van der Waals surface area (Å²) < 4.78 is 28.7. The molecule has 0 heterocycles. The van der Waals surface area contributed by atoms with E-state index in [4.69, 9.17) is 9.55 Å². The molecule has 2 rings (SSSR count). The van der Waals surface area contributed by atoms with Gasteiger partial charge in [-0.05, 0) is 38.3 Å². The van der Waals surface area contributed by atoms with Gasteiger partial charge in [0.05, 0.1) is 11.8 Å². The molecule has 2 atom stereocenters. The van der Waals surface area contributed by atoms with Crippen LogP contribution in [0.2, 0.25) is 0 Å². The number of hydrogen-bond acceptors (Lipinski definition) is 5. The van der Waals surface area contributed by atoms with Crippen molar-refractivity contribution in [1.29, 1.82) is 5.26 Å². The fraction of sp³-hybridized carbons (Fsp3) is 0.467. The Labute approximate surface area is 125 Å². The Hall–Kier alpha value is -1.87. The second-order valence-corrected chi connectivity index (χ2v) is 6.79. The number of hydrogen-bond donors (Lipinski definition) is 0. The summed E-state index contributed by atoms with van der Waals surface area (Å²) in [7, 11) is -3.87. The summed E-state index contributed by atoms with van der Waals surface area (Å²) in [5.41, 5.74) is 0.634. The zero-order valence-electron chi connectivity index (χ0n) is 11.9. The van der Waals surface area contributed by atoms with Crippen molar-refractivity contribution in [2.24, 2.45) is 17.0 Å². The van der Waals surface area contributed by atoms with Gasteiger partial charge < -0.3 is 0 Å². The molecule has 0 N–H and O–H groups in total. The van der Waals surface area contributed by atoms with E-state index < -0.39 is 10.1 Å². The lowest BCUT2D eigenvalue weighted by Crippen LogP contribution is -2.21. The van der Waals surface area contributed by atoms with E-state index in [0.717, 1.165) is 25.7 Å². The topological polar surface area (TPSA) is 79.5 Å². The van der Waals surface area contributed by atoms with Crippen LogP contribution in [-0.4, -0.2) is 14.1 Å². The van der Waals surface area contributed by atoms with Gasteiger partial charge in [0.1, 0.15) is 4.90 Å². The van der Waals surface area contributed by atoms with Crippen molar-refractivity contribution in [3.63, 3.8) is 0 Å². The molecular weight excluding hydrogens is 288 g/mol. The molecule has 1 saturated carbocycles. The standard InChI is InChI=1S/C15H18N2O3S/c1-12(14-7-5-6-13(10-14)11-16)17-20-21(18,19)15-8-3-2-4-9-15/h2-4,8-9,13-14H,5-7,10H2,1H3/b17-12+. The van der Waals surface area contributed by atoms with Crippen molar-refractivity contribution in [1.82, 2.24) is 0 Å². The van der Waals surface area contributed by atoms with Crippen molar-refractivity contribution in [3.05, 3.63) is 30.3 Å². The van der Waals surface area contributed by atoms with Gasteiger partial charge in [0.15, 0.2) is 0 Å². The molecule has 1 fully saturated rings. The minimum absolute atomic E-state index is 0.0274. The van der Waals surface area contributed by atoms with Crippen molar-refractivity contribution in [2.45, 2.75) is 37.5 Å². The third-order valence-corrected chi connectivity index (χ3v) is 4.88. The van der Waals surface area contributed by atoms with Crippen LogP contribution in [0.4, 0.5) is 0 Å². The minimum Gasteiger partial charge on any atom is -0.265 e. The second kappa shape index (κ2) is 6.72. The highest BCUT2D eigenvalue weighted by atomic mass is 32.2. The number of nitrogens with zero attached hydrogens (tertiary/aromatic N) is 2. The molecular formula is C15H18N2O3S. The lowest BCUT2D eigenvalue weighted by atomic mass is 9.80. The summed E-state index contributed by atoms with van der Waals surface area (Å²) in [6, 6.07) is 10.2. The average Bonchev–Trinajstić information content (AvgIpc) is 2.53. The van der Waals surface area contributed by atoms with Crippen LogP contribution in [0.3, 0.4) is 0 Å². The van der Waals surface area contributed by atoms with Gasteiger partial charge in [-0.25, -0.2) is 0 Å². The molecule has 0 saturated heterocycles. The smallest absolute Gasteiger partial charge is 0.265 e. The van der Waals surface area contributed by atoms with Crippen LogP contribution in [0.5, 0.6) is 0 Å². The Morgan fingerprint density at radius 1 is 1.33 bits per heavy atom. The Kier molecular flexibility index (Phi) is 4.97. The van der Waals surface area contributed by atoms with Gasteiger partial charge in [-0.3, -0.25) is 4.28 Å². The quantitative estimate of drug-likeness (QED) is 0.632. The molecule has 112 valence electrons. The van der Waals surface area contributed by atoms with Gasteiger partial charge in [-0.1, -0.05) is 29.8 Å². The Morgan fingerprint density at radius 3 is 2.71 bits per heavy atom. The second-order valence-electron chi connectivity index (χ2n) is 5.26. The van der Waals surface area contributed by atoms with Crippen LogP contribution in [-0.2, 0) is 14.4 Å². The lowest BCUT2D eigenvalue weighted by molar-refractivity contribution is 0.322. The molecule has 0 bridgehead atoms. The summed E-state index contributed by atoms with van der Waals surface area (Å²) in [6.45, 7) is 1.75. The van der Waals surface area contributed by atoms with E-state index in [1.807, 2.05) is 0 Å². The van der Waals surface area contributed by atoms with Gasteiger partial charge in [-0.2, -0.15) is 13.7 Å². The maximum atomic E-state index is 12.0. The highest BCUT2D eigenvalue weighted by molar-refractivity contribution is 7.86. The van der Waals surface area contributed by atoms with Crippen LogP contribution < -0.4 is 0 Å². The van der Waals surface area contributed by atoms with Crippen LogP contribution in [0.1, 0.15) is 32.6 Å². The van der Waals surface area contributed by atoms with E-state index in [-0.39, 0.29) is 16.7 Å². The largest absolute Gasteiger partial charge is 0.358 e. The summed E-state index contributed by atoms with van der Waals surface area (Å²) in [6.07, 6.45) is 3.51. The van der Waals surface area contributed by atoms with Gasteiger partial charge in [0.25, 0.3) is 0 Å². The molecule has 1 aromatic rings. The first kappa shape index (κ1) is 15.5. The lowest BCUT2D eigenvalue weighted by Gasteiger charge is -2.24. The van der Waals surface area contributed by atoms with Gasteiger partial charge >= 0.3 is 10.1 Å². The Balaban J connectivity index is 2.05. The number of benzene rings is 1. The van der Waals surface area contributed by atoms with Crippen LogP contribution in [0, 0.1) is 23.2 Å². The maximum Gasteiger partial charge on any atom is 0.358 e. The van der Waals surface area contributed by atoms with E-state index in [0.29, 0.717) is 5.71 Å². The monoisotopic (exact) mass is 306 g/mol. The fourth-order valence-electron chi connectivity index (χ4n) is 2.50. The molecule has 0 spiro atoms. The first-order valence-electron chi connectivity index (χ1n) is 6.95. The summed E-state index contributed by atoms with van der Waals surface area (Å²) in [5, 5.41) is 12.8. The first-order chi connectivity index (χ1) is 10.0. The summed E-state index contributed by atoms with van der Waals surface area (Å²) in [5.74, 6) is 0.147. The summed E-state index contributed by atoms with van der Waals surface area (Å²) >= 11 is 0. The van der Waals surface area contributed by atoms with E-state index in [2.05, 4.69) is 11.2 Å². The predicted molar refractivity (Wildman–Crippen MR) is 78.9 cm³/mol. The van der Waals surface area contributed by atoms with E-state index in [1.54, 1.807) is 25.1 Å². The molecule has 21 heavy (non-hydrogen) atoms. The zero-order chi connectivity index (χ0) is 15.3. The first-order valence-corrected chi connectivity index (χ1v) is 8.36. The van der Waals surface area contributed by atoms with Gasteiger partial charge in [-0.15, -0.1) is 0 Å². The molecule has 0 amide bonds. The van der Waals surface area contributed by atoms with E-state index >= 15 is 0 Å². The van der Waals surface area contributed by atoms with Gasteiger partial charge in [0, 0.05) is 11.8 Å². The molecule has 1 aliphatic carbocycles. The molecule has 6 heteroatoms. The zero-order valence-corrected chi connectivity index (χ0v) is 12.7. The Morgan fingerprint density at radius 2 is 2.05 bits per heavy atom. The van der Waals surface area contributed by atoms with Gasteiger partial charge in [0.2, 0.25) is 0 Å². The minimum atomic E-state index is -3.87.